The summed E-state index contributed by atoms with van der Waals surface area (Å²) in [5.74, 6) is 0. The number of aryl methyl sites for hydroxylation is 1. The van der Waals surface area contributed by atoms with Crippen LogP contribution in [0.4, 0.5) is 5.13 Å². The maximum atomic E-state index is 10.1. The maximum Gasteiger partial charge on any atom is 0.185 e. The highest BCUT2D eigenvalue weighted by molar-refractivity contribution is 7.15. The van der Waals surface area contributed by atoms with Crippen molar-refractivity contribution in [1.29, 1.82) is 0 Å². The van der Waals surface area contributed by atoms with Crippen LogP contribution in [-0.2, 0) is 6.42 Å². The molecule has 1 aliphatic heterocycles. The Morgan fingerprint density at radius 3 is 2.52 bits per heavy atom. The fourth-order valence-electron chi connectivity index (χ4n) is 4.49. The van der Waals surface area contributed by atoms with Crippen LogP contribution in [0, 0.1) is 5.41 Å². The Bertz CT molecular complexity index is 497. The van der Waals surface area contributed by atoms with E-state index in [2.05, 4.69) is 4.90 Å². The van der Waals surface area contributed by atoms with Crippen LogP contribution >= 0.6 is 11.3 Å². The summed E-state index contributed by atoms with van der Waals surface area (Å²) in [5.41, 5.74) is 1.64. The molecule has 0 aromatic carbocycles. The van der Waals surface area contributed by atoms with Crippen LogP contribution in [0.2, 0.25) is 0 Å². The second-order valence-corrected chi connectivity index (χ2v) is 8.32. The van der Waals surface area contributed by atoms with Crippen molar-refractivity contribution in [2.24, 2.45) is 5.41 Å². The van der Waals surface area contributed by atoms with Gasteiger partial charge < -0.3 is 10.0 Å². The van der Waals surface area contributed by atoms with Crippen molar-refractivity contribution in [3.63, 3.8) is 0 Å². The first-order chi connectivity index (χ1) is 10.3. The highest BCUT2D eigenvalue weighted by atomic mass is 32.1. The number of rotatable bonds is 1. The minimum absolute atomic E-state index is 0.312. The van der Waals surface area contributed by atoms with Crippen molar-refractivity contribution in [1.82, 2.24) is 4.98 Å². The number of aromatic nitrogens is 1. The molecule has 116 valence electrons. The number of nitrogens with zero attached hydrogens (tertiary/aromatic N) is 2. The van der Waals surface area contributed by atoms with Gasteiger partial charge >= 0.3 is 0 Å². The first-order valence-corrected chi connectivity index (χ1v) is 9.50. The molecule has 1 saturated heterocycles. The molecule has 1 aromatic rings. The third-order valence-corrected chi connectivity index (χ3v) is 7.11. The monoisotopic (exact) mass is 306 g/mol. The number of anilines is 1. The first-order valence-electron chi connectivity index (χ1n) is 8.68. The molecule has 21 heavy (non-hydrogen) atoms. The maximum absolute atomic E-state index is 10.1. The molecule has 2 heterocycles. The molecular weight excluding hydrogens is 280 g/mol. The van der Waals surface area contributed by atoms with Gasteiger partial charge in [0.2, 0.25) is 0 Å². The van der Waals surface area contributed by atoms with E-state index < -0.39 is 0 Å². The second kappa shape index (κ2) is 5.54. The third-order valence-electron chi connectivity index (χ3n) is 5.92. The molecule has 2 fully saturated rings. The molecular formula is C17H26N2OS. The van der Waals surface area contributed by atoms with Crippen molar-refractivity contribution in [2.45, 2.75) is 70.3 Å². The van der Waals surface area contributed by atoms with Gasteiger partial charge in [-0.1, -0.05) is 19.3 Å². The van der Waals surface area contributed by atoms with E-state index >= 15 is 0 Å². The fraction of sp³-hybridized carbons (Fsp3) is 0.824. The lowest BCUT2D eigenvalue weighted by Crippen LogP contribution is -2.41. The zero-order chi connectivity index (χ0) is 14.3. The highest BCUT2D eigenvalue weighted by Crippen LogP contribution is 2.46. The lowest BCUT2D eigenvalue weighted by atomic mass is 9.68. The summed E-state index contributed by atoms with van der Waals surface area (Å²) in [6.07, 6.45) is 12.7. The van der Waals surface area contributed by atoms with E-state index in [-0.39, 0.29) is 6.10 Å². The molecule has 0 bridgehead atoms. The van der Waals surface area contributed by atoms with Crippen LogP contribution in [0.15, 0.2) is 0 Å². The van der Waals surface area contributed by atoms with Gasteiger partial charge in [0.05, 0.1) is 11.8 Å². The molecule has 1 unspecified atom stereocenters. The molecule has 3 nitrogen and oxygen atoms in total. The Morgan fingerprint density at radius 2 is 1.81 bits per heavy atom. The smallest absolute Gasteiger partial charge is 0.185 e. The topological polar surface area (TPSA) is 36.4 Å². The van der Waals surface area contributed by atoms with Crippen LogP contribution in [0.25, 0.3) is 0 Å². The summed E-state index contributed by atoms with van der Waals surface area (Å²) in [6.45, 7) is 2.34. The fourth-order valence-corrected chi connectivity index (χ4v) is 5.70. The number of aliphatic hydroxyl groups excluding tert-OH is 1. The molecule has 1 atom stereocenters. The van der Waals surface area contributed by atoms with Crippen LogP contribution in [-0.4, -0.2) is 23.2 Å². The van der Waals surface area contributed by atoms with Gasteiger partial charge in [-0.15, -0.1) is 11.3 Å². The van der Waals surface area contributed by atoms with Gasteiger partial charge in [0, 0.05) is 18.0 Å². The zero-order valence-electron chi connectivity index (χ0n) is 12.8. The average Bonchev–Trinajstić information content (AvgIpc) is 2.94. The zero-order valence-corrected chi connectivity index (χ0v) is 13.6. The SMILES string of the molecule is OC1CCCc2sc(N3CCC4(CCCCC4)CC3)nc21. The van der Waals surface area contributed by atoms with Crippen LogP contribution in [0.5, 0.6) is 0 Å². The van der Waals surface area contributed by atoms with Crippen molar-refractivity contribution in [2.75, 3.05) is 18.0 Å². The molecule has 3 aliphatic rings. The number of thiazole rings is 1. The number of fused-ring (bicyclic) bond motifs is 1. The third kappa shape index (κ3) is 2.61. The molecule has 1 aromatic heterocycles. The van der Waals surface area contributed by atoms with Gasteiger partial charge in [-0.25, -0.2) is 4.98 Å². The van der Waals surface area contributed by atoms with E-state index in [1.54, 1.807) is 0 Å². The van der Waals surface area contributed by atoms with E-state index in [1.807, 2.05) is 11.3 Å². The predicted octanol–water partition coefficient (Wildman–Crippen LogP) is 4.06. The molecule has 0 amide bonds. The predicted molar refractivity (Wildman–Crippen MR) is 87.0 cm³/mol. The van der Waals surface area contributed by atoms with Gasteiger partial charge in [-0.05, 0) is 50.4 Å². The van der Waals surface area contributed by atoms with Gasteiger partial charge in [-0.3, -0.25) is 0 Å². The van der Waals surface area contributed by atoms with Crippen LogP contribution in [0.1, 0.15) is 74.5 Å². The summed E-state index contributed by atoms with van der Waals surface area (Å²) in [7, 11) is 0. The largest absolute Gasteiger partial charge is 0.387 e. The lowest BCUT2D eigenvalue weighted by molar-refractivity contribution is 0.143. The van der Waals surface area contributed by atoms with Crippen molar-refractivity contribution in [3.8, 4) is 0 Å². The Hall–Kier alpha value is -0.610. The Kier molecular flexibility index (Phi) is 3.70. The highest BCUT2D eigenvalue weighted by Gasteiger charge is 2.36. The second-order valence-electron chi connectivity index (χ2n) is 7.26. The van der Waals surface area contributed by atoms with Crippen molar-refractivity contribution < 1.29 is 5.11 Å². The standard InChI is InChI=1S/C17H26N2OS/c20-13-5-4-6-14-15(13)18-16(21-14)19-11-9-17(10-12-19)7-2-1-3-8-17/h13,20H,1-12H2. The van der Waals surface area contributed by atoms with Gasteiger partial charge in [0.15, 0.2) is 5.13 Å². The minimum Gasteiger partial charge on any atom is -0.387 e. The van der Waals surface area contributed by atoms with Gasteiger partial charge in [0.1, 0.15) is 0 Å². The van der Waals surface area contributed by atoms with E-state index in [1.165, 1.54) is 68.0 Å². The lowest BCUT2D eigenvalue weighted by Gasteiger charge is -2.44. The molecule has 0 radical (unpaired) electrons. The number of aliphatic hydroxyl groups is 1. The summed E-state index contributed by atoms with van der Waals surface area (Å²) in [6, 6.07) is 0. The van der Waals surface area contributed by atoms with E-state index in [9.17, 15) is 5.11 Å². The quantitative estimate of drug-likeness (QED) is 0.850. The Balaban J connectivity index is 1.46. The number of piperidine rings is 1. The van der Waals surface area contributed by atoms with E-state index in [0.29, 0.717) is 5.41 Å². The Labute approximate surface area is 131 Å². The molecule has 1 saturated carbocycles. The van der Waals surface area contributed by atoms with Gasteiger partial charge in [-0.2, -0.15) is 0 Å². The first kappa shape index (κ1) is 14.0. The summed E-state index contributed by atoms with van der Waals surface area (Å²) >= 11 is 1.84. The molecule has 1 spiro atoms. The van der Waals surface area contributed by atoms with E-state index in [0.717, 1.165) is 25.0 Å². The van der Waals surface area contributed by atoms with E-state index in [4.69, 9.17) is 4.98 Å². The van der Waals surface area contributed by atoms with Gasteiger partial charge in [0.25, 0.3) is 0 Å². The molecule has 4 rings (SSSR count). The summed E-state index contributed by atoms with van der Waals surface area (Å²) in [5, 5.41) is 11.3. The minimum atomic E-state index is -0.312. The number of hydrogen-bond donors (Lipinski definition) is 1. The van der Waals surface area contributed by atoms with Crippen molar-refractivity contribution >= 4 is 16.5 Å². The summed E-state index contributed by atoms with van der Waals surface area (Å²) in [4.78, 5) is 8.60. The van der Waals surface area contributed by atoms with Crippen molar-refractivity contribution in [3.05, 3.63) is 10.6 Å². The molecule has 1 N–H and O–H groups in total. The summed E-state index contributed by atoms with van der Waals surface area (Å²) < 4.78 is 0. The normalized spacial score (nSPS) is 28.6. The number of hydrogen-bond acceptors (Lipinski definition) is 4. The van der Waals surface area contributed by atoms with Crippen LogP contribution in [0.3, 0.4) is 0 Å². The van der Waals surface area contributed by atoms with Crippen LogP contribution < -0.4 is 4.90 Å². The average molecular weight is 306 g/mol. The Morgan fingerprint density at radius 1 is 1.05 bits per heavy atom. The molecule has 2 aliphatic carbocycles. The molecule has 4 heteroatoms.